The van der Waals surface area contributed by atoms with E-state index in [-0.39, 0.29) is 37.3 Å². The molecule has 0 aromatic heterocycles. The quantitative estimate of drug-likeness (QED) is 0.405. The third-order valence-electron chi connectivity index (χ3n) is 7.86. The molecule has 3 N–H and O–H groups in total. The van der Waals surface area contributed by atoms with E-state index in [1.54, 1.807) is 37.1 Å². The average molecular weight is 600 g/mol. The predicted octanol–water partition coefficient (Wildman–Crippen LogP) is 2.80. The highest BCUT2D eigenvalue weighted by molar-refractivity contribution is 5.91. The number of aliphatic hydroxyl groups excluding tert-OH is 1. The van der Waals surface area contributed by atoms with E-state index in [0.717, 1.165) is 13.1 Å². The van der Waals surface area contributed by atoms with Crippen LogP contribution in [-0.2, 0) is 20.7 Å². The van der Waals surface area contributed by atoms with Gasteiger partial charge in [-0.15, -0.1) is 0 Å². The summed E-state index contributed by atoms with van der Waals surface area (Å²) in [7, 11) is 1.64. The minimum atomic E-state index is -0.504. The number of halogens is 1. The molecule has 43 heavy (non-hydrogen) atoms. The van der Waals surface area contributed by atoms with Crippen molar-refractivity contribution >= 4 is 29.2 Å². The number of morpholine rings is 1. The molecule has 0 bridgehead atoms. The van der Waals surface area contributed by atoms with Crippen molar-refractivity contribution in [2.24, 2.45) is 5.92 Å². The van der Waals surface area contributed by atoms with Gasteiger partial charge in [0.2, 0.25) is 11.8 Å². The van der Waals surface area contributed by atoms with Crippen molar-refractivity contribution in [3.63, 3.8) is 0 Å². The number of likely N-dealkylation sites (N-methyl/N-ethyl adjacent to an activating group) is 1. The molecule has 4 amide bonds. The zero-order chi connectivity index (χ0) is 30.9. The Hall–Kier alpha value is -3.74. The van der Waals surface area contributed by atoms with Crippen LogP contribution in [0.3, 0.4) is 0 Å². The molecule has 0 saturated carbocycles. The Bertz CT molecular complexity index is 1260. The van der Waals surface area contributed by atoms with Gasteiger partial charge in [0.25, 0.3) is 0 Å². The normalized spacial score (nSPS) is 20.1. The van der Waals surface area contributed by atoms with Gasteiger partial charge in [0.05, 0.1) is 38.8 Å². The largest absolute Gasteiger partial charge is 0.488 e. The van der Waals surface area contributed by atoms with Crippen LogP contribution in [0, 0.1) is 11.7 Å². The Labute approximate surface area is 251 Å². The summed E-state index contributed by atoms with van der Waals surface area (Å²) in [5.41, 5.74) is 1.62. The highest BCUT2D eigenvalue weighted by Gasteiger charge is 2.32. The molecule has 11 nitrogen and oxygen atoms in total. The van der Waals surface area contributed by atoms with E-state index in [2.05, 4.69) is 15.5 Å². The first-order valence-electron chi connectivity index (χ1n) is 14.7. The number of nitrogens with zero attached hydrogens (tertiary/aromatic N) is 3. The van der Waals surface area contributed by atoms with Crippen molar-refractivity contribution in [2.45, 2.75) is 38.8 Å². The van der Waals surface area contributed by atoms with Gasteiger partial charge in [-0.1, -0.05) is 6.92 Å². The number of benzene rings is 2. The average Bonchev–Trinajstić information content (AvgIpc) is 3.04. The number of carbonyl (C=O) groups excluding carboxylic acids is 3. The lowest BCUT2D eigenvalue weighted by Crippen LogP contribution is -2.48. The summed E-state index contributed by atoms with van der Waals surface area (Å²) in [6.45, 7) is 7.62. The highest BCUT2D eigenvalue weighted by Crippen LogP contribution is 2.29. The Kier molecular flexibility index (Phi) is 11.3. The van der Waals surface area contributed by atoms with E-state index in [4.69, 9.17) is 9.47 Å². The Morgan fingerprint density at radius 3 is 2.51 bits per heavy atom. The van der Waals surface area contributed by atoms with Crippen LogP contribution in [0.2, 0.25) is 0 Å². The number of hydrogen-bond donors (Lipinski definition) is 3. The smallest absolute Gasteiger partial charge is 0.321 e. The second-order valence-corrected chi connectivity index (χ2v) is 11.3. The molecule has 0 spiro atoms. The molecule has 0 aliphatic carbocycles. The maximum absolute atomic E-state index is 13.5. The molecule has 3 atom stereocenters. The summed E-state index contributed by atoms with van der Waals surface area (Å²) in [4.78, 5) is 44.4. The van der Waals surface area contributed by atoms with Crippen molar-refractivity contribution < 1.29 is 33.4 Å². The molecular formula is C31H42FN5O6. The topological polar surface area (TPSA) is 124 Å². The maximum atomic E-state index is 13.5. The highest BCUT2D eigenvalue weighted by atomic mass is 19.1. The number of urea groups is 1. The first-order valence-corrected chi connectivity index (χ1v) is 14.7. The van der Waals surface area contributed by atoms with E-state index in [1.807, 2.05) is 6.92 Å². The lowest BCUT2D eigenvalue weighted by Gasteiger charge is -2.34. The van der Waals surface area contributed by atoms with Gasteiger partial charge < -0.3 is 35.0 Å². The van der Waals surface area contributed by atoms with Crippen molar-refractivity contribution in [3.8, 4) is 5.75 Å². The Balaban J connectivity index is 1.50. The third kappa shape index (κ3) is 9.12. The van der Waals surface area contributed by atoms with Crippen molar-refractivity contribution in [1.29, 1.82) is 0 Å². The second kappa shape index (κ2) is 15.1. The summed E-state index contributed by atoms with van der Waals surface area (Å²) in [5, 5.41) is 15.6. The summed E-state index contributed by atoms with van der Waals surface area (Å²) >= 11 is 0. The first kappa shape index (κ1) is 32.2. The van der Waals surface area contributed by atoms with Gasteiger partial charge in [0, 0.05) is 62.5 Å². The second-order valence-electron chi connectivity index (χ2n) is 11.3. The van der Waals surface area contributed by atoms with Crippen LogP contribution in [0.4, 0.5) is 20.6 Å². The minimum absolute atomic E-state index is 0.0253. The van der Waals surface area contributed by atoms with E-state index in [1.165, 1.54) is 29.2 Å². The van der Waals surface area contributed by atoms with Gasteiger partial charge in [-0.25, -0.2) is 9.18 Å². The summed E-state index contributed by atoms with van der Waals surface area (Å²) < 4.78 is 25.1. The molecular weight excluding hydrogens is 557 g/mol. The van der Waals surface area contributed by atoms with Gasteiger partial charge in [-0.3, -0.25) is 14.5 Å². The van der Waals surface area contributed by atoms with Gasteiger partial charge >= 0.3 is 6.03 Å². The third-order valence-corrected chi connectivity index (χ3v) is 7.86. The number of ether oxygens (including phenoxy) is 2. The van der Waals surface area contributed by atoms with Gasteiger partial charge in [-0.05, 0) is 49.4 Å². The SMILES string of the molecule is C[C@@H]1CN([C@@H](C)CO)C(=O)Cc2cc(NC(=O)CCN3CCOCC3)ccc2O[C@@H]1CN(C)C(=O)Nc1ccc(F)cc1. The van der Waals surface area contributed by atoms with Crippen LogP contribution in [-0.4, -0.2) is 109 Å². The first-order chi connectivity index (χ1) is 20.6. The Morgan fingerprint density at radius 2 is 1.81 bits per heavy atom. The fourth-order valence-corrected chi connectivity index (χ4v) is 5.14. The van der Waals surface area contributed by atoms with Crippen LogP contribution in [0.5, 0.6) is 5.75 Å². The van der Waals surface area contributed by atoms with Gasteiger partial charge in [0.15, 0.2) is 0 Å². The molecule has 4 rings (SSSR count). The molecule has 2 aromatic rings. The van der Waals surface area contributed by atoms with Gasteiger partial charge in [0.1, 0.15) is 17.7 Å². The van der Waals surface area contributed by atoms with Crippen LogP contribution in [0.15, 0.2) is 42.5 Å². The van der Waals surface area contributed by atoms with E-state index >= 15 is 0 Å². The van der Waals surface area contributed by atoms with E-state index < -0.39 is 24.0 Å². The summed E-state index contributed by atoms with van der Waals surface area (Å²) in [5.74, 6) is -0.411. The molecule has 2 heterocycles. The zero-order valence-electron chi connectivity index (χ0n) is 25.1. The molecule has 1 fully saturated rings. The van der Waals surface area contributed by atoms with E-state index in [0.29, 0.717) is 55.4 Å². The van der Waals surface area contributed by atoms with E-state index in [9.17, 15) is 23.9 Å². The van der Waals surface area contributed by atoms with Crippen LogP contribution in [0.1, 0.15) is 25.8 Å². The number of aliphatic hydroxyl groups is 1. The monoisotopic (exact) mass is 599 g/mol. The number of anilines is 2. The lowest BCUT2D eigenvalue weighted by molar-refractivity contribution is -0.134. The number of rotatable bonds is 9. The number of fused-ring (bicyclic) bond motifs is 1. The molecule has 1 saturated heterocycles. The predicted molar refractivity (Wildman–Crippen MR) is 161 cm³/mol. The number of nitrogens with one attached hydrogen (secondary N) is 2. The fraction of sp³-hybridized carbons (Fsp3) is 0.516. The number of hydrogen-bond acceptors (Lipinski definition) is 7. The molecule has 12 heteroatoms. The molecule has 2 aromatic carbocycles. The standard InChI is InChI=1S/C31H42FN5O6/c1-21-18-37(22(2)20-38)30(40)17-23-16-26(33-29(39)10-11-36-12-14-42-15-13-36)8-9-27(23)43-28(21)19-35(3)31(41)34-25-6-4-24(32)5-7-25/h4-9,16,21-22,28,38H,10-15,17-20H2,1-3H3,(H,33,39)(H,34,41)/t21-,22+,28-/m1/s1. The fourth-order valence-electron chi connectivity index (χ4n) is 5.14. The zero-order valence-corrected chi connectivity index (χ0v) is 25.1. The van der Waals surface area contributed by atoms with Crippen molar-refractivity contribution in [3.05, 3.63) is 53.8 Å². The number of carbonyl (C=O) groups is 3. The molecule has 2 aliphatic heterocycles. The maximum Gasteiger partial charge on any atom is 0.321 e. The molecule has 0 radical (unpaired) electrons. The molecule has 0 unspecified atom stereocenters. The van der Waals surface area contributed by atoms with Gasteiger partial charge in [-0.2, -0.15) is 0 Å². The molecule has 2 aliphatic rings. The van der Waals surface area contributed by atoms with Crippen molar-refractivity contribution in [1.82, 2.24) is 14.7 Å². The lowest BCUT2D eigenvalue weighted by atomic mass is 10.0. The molecule has 234 valence electrons. The minimum Gasteiger partial charge on any atom is -0.488 e. The van der Waals surface area contributed by atoms with Crippen LogP contribution < -0.4 is 15.4 Å². The Morgan fingerprint density at radius 1 is 1.12 bits per heavy atom. The van der Waals surface area contributed by atoms with Crippen LogP contribution in [0.25, 0.3) is 0 Å². The van der Waals surface area contributed by atoms with Crippen LogP contribution >= 0.6 is 0 Å². The summed E-state index contributed by atoms with van der Waals surface area (Å²) in [6, 6.07) is 9.92. The summed E-state index contributed by atoms with van der Waals surface area (Å²) in [6.07, 6.45) is -0.145. The number of amides is 4. The van der Waals surface area contributed by atoms with Crippen molar-refractivity contribution in [2.75, 3.05) is 70.2 Å².